The molecule has 2 heterocycles. The number of anilines is 1. The van der Waals surface area contributed by atoms with Gasteiger partial charge in [-0.1, -0.05) is 36.4 Å². The van der Waals surface area contributed by atoms with Crippen molar-refractivity contribution >= 4 is 32.9 Å². The Morgan fingerprint density at radius 2 is 1.91 bits per heavy atom. The molecule has 0 amide bonds. The van der Waals surface area contributed by atoms with Crippen LogP contribution in [0.5, 0.6) is 0 Å². The Morgan fingerprint density at radius 1 is 1.05 bits per heavy atom. The van der Waals surface area contributed by atoms with E-state index in [2.05, 4.69) is 46.9 Å². The smallest absolute Gasteiger partial charge is 0.196 e. The molecule has 2 N–H and O–H groups in total. The van der Waals surface area contributed by atoms with Gasteiger partial charge in [-0.3, -0.25) is 4.40 Å². The van der Waals surface area contributed by atoms with Crippen LogP contribution < -0.4 is 5.73 Å². The third kappa shape index (κ3) is 1.58. The van der Waals surface area contributed by atoms with Crippen molar-refractivity contribution in [3.63, 3.8) is 0 Å². The van der Waals surface area contributed by atoms with Crippen LogP contribution in [0.3, 0.4) is 0 Å². The zero-order chi connectivity index (χ0) is 14.7. The Labute approximate surface area is 132 Å². The van der Waals surface area contributed by atoms with Crippen molar-refractivity contribution in [1.29, 1.82) is 0 Å². The summed E-state index contributed by atoms with van der Waals surface area (Å²) in [5.74, 6) is 0.782. The first-order valence-corrected chi connectivity index (χ1v) is 8.40. The molecule has 2 aromatic heterocycles. The molecule has 0 fully saturated rings. The number of aryl methyl sites for hydroxylation is 2. The molecular formula is C18H15N3S. The standard InChI is InChI=1S/C18H15N3S/c19-17-16(13-9-8-11-4-1-2-5-12(11)10-13)20-18-21(17)14-6-3-7-15(14)22-18/h1-2,4-5,8-10H,3,6-7,19H2. The molecule has 1 aliphatic rings. The molecule has 0 saturated heterocycles. The molecular weight excluding hydrogens is 290 g/mol. The van der Waals surface area contributed by atoms with Crippen LogP contribution >= 0.6 is 11.3 Å². The third-order valence-electron chi connectivity index (χ3n) is 4.53. The van der Waals surface area contributed by atoms with Crippen LogP contribution in [0.4, 0.5) is 5.82 Å². The van der Waals surface area contributed by atoms with Gasteiger partial charge in [0, 0.05) is 16.1 Å². The number of hydrogen-bond donors (Lipinski definition) is 1. The van der Waals surface area contributed by atoms with E-state index in [-0.39, 0.29) is 0 Å². The molecule has 4 heteroatoms. The summed E-state index contributed by atoms with van der Waals surface area (Å²) in [7, 11) is 0. The van der Waals surface area contributed by atoms with Gasteiger partial charge in [-0.15, -0.1) is 11.3 Å². The number of rotatable bonds is 1. The lowest BCUT2D eigenvalue weighted by molar-refractivity contribution is 0.890. The number of fused-ring (bicyclic) bond motifs is 4. The number of aromatic nitrogens is 2. The zero-order valence-electron chi connectivity index (χ0n) is 12.0. The van der Waals surface area contributed by atoms with E-state index in [4.69, 9.17) is 10.7 Å². The summed E-state index contributed by atoms with van der Waals surface area (Å²) in [5.41, 5.74) is 9.82. The van der Waals surface area contributed by atoms with Gasteiger partial charge >= 0.3 is 0 Å². The first kappa shape index (κ1) is 12.2. The van der Waals surface area contributed by atoms with E-state index in [1.54, 1.807) is 11.3 Å². The maximum absolute atomic E-state index is 6.44. The van der Waals surface area contributed by atoms with E-state index in [9.17, 15) is 0 Å². The largest absolute Gasteiger partial charge is 0.383 e. The number of nitrogens with zero attached hydrogens (tertiary/aromatic N) is 2. The Balaban J connectivity index is 1.75. The molecule has 0 spiro atoms. The van der Waals surface area contributed by atoms with Crippen molar-refractivity contribution in [2.24, 2.45) is 0 Å². The van der Waals surface area contributed by atoms with Crippen molar-refractivity contribution in [3.8, 4) is 11.3 Å². The van der Waals surface area contributed by atoms with Crippen LogP contribution in [0, 0.1) is 0 Å². The number of benzene rings is 2. The summed E-state index contributed by atoms with van der Waals surface area (Å²) < 4.78 is 2.16. The molecule has 5 rings (SSSR count). The predicted molar refractivity (Wildman–Crippen MR) is 92.4 cm³/mol. The molecule has 22 heavy (non-hydrogen) atoms. The summed E-state index contributed by atoms with van der Waals surface area (Å²) in [5, 5.41) is 2.47. The number of thiazole rings is 1. The van der Waals surface area contributed by atoms with Gasteiger partial charge in [-0.25, -0.2) is 4.98 Å². The fourth-order valence-electron chi connectivity index (χ4n) is 3.45. The lowest BCUT2D eigenvalue weighted by Gasteiger charge is -2.03. The number of nitrogen functional groups attached to an aromatic ring is 1. The second-order valence-electron chi connectivity index (χ2n) is 5.85. The fourth-order valence-corrected chi connectivity index (χ4v) is 4.66. The first-order chi connectivity index (χ1) is 10.8. The number of hydrogen-bond acceptors (Lipinski definition) is 3. The van der Waals surface area contributed by atoms with Gasteiger partial charge in [0.15, 0.2) is 4.96 Å². The van der Waals surface area contributed by atoms with E-state index in [0.717, 1.165) is 28.5 Å². The number of imidazole rings is 1. The van der Waals surface area contributed by atoms with Gasteiger partial charge in [0.05, 0.1) is 0 Å². The molecule has 0 atom stereocenters. The van der Waals surface area contributed by atoms with Crippen LogP contribution in [0.2, 0.25) is 0 Å². The molecule has 2 aromatic carbocycles. The van der Waals surface area contributed by atoms with Gasteiger partial charge in [-0.2, -0.15) is 0 Å². The van der Waals surface area contributed by atoms with Crippen molar-refractivity contribution < 1.29 is 0 Å². The second kappa shape index (κ2) is 4.34. The highest BCUT2D eigenvalue weighted by Gasteiger charge is 2.22. The molecule has 1 aliphatic carbocycles. The highest BCUT2D eigenvalue weighted by Crippen LogP contribution is 2.37. The van der Waals surface area contributed by atoms with Gasteiger partial charge < -0.3 is 5.73 Å². The summed E-state index contributed by atoms with van der Waals surface area (Å²) in [4.78, 5) is 7.30. The Kier molecular flexibility index (Phi) is 2.41. The van der Waals surface area contributed by atoms with Gasteiger partial charge in [0.25, 0.3) is 0 Å². The monoisotopic (exact) mass is 305 g/mol. The summed E-state index contributed by atoms with van der Waals surface area (Å²) in [6.45, 7) is 0. The lowest BCUT2D eigenvalue weighted by atomic mass is 10.1. The molecule has 0 radical (unpaired) electrons. The Bertz CT molecular complexity index is 1030. The molecule has 108 valence electrons. The molecule has 4 aromatic rings. The number of nitrogens with two attached hydrogens (primary N) is 1. The molecule has 3 nitrogen and oxygen atoms in total. The van der Waals surface area contributed by atoms with Gasteiger partial charge in [0.1, 0.15) is 11.5 Å². The van der Waals surface area contributed by atoms with Gasteiger partial charge in [-0.05, 0) is 36.1 Å². The Hall–Kier alpha value is -2.33. The predicted octanol–water partition coefficient (Wildman–Crippen LogP) is 4.29. The lowest BCUT2D eigenvalue weighted by Crippen LogP contribution is -1.96. The van der Waals surface area contributed by atoms with Crippen LogP contribution in [0.25, 0.3) is 27.0 Å². The maximum atomic E-state index is 6.44. The average molecular weight is 305 g/mol. The summed E-state index contributed by atoms with van der Waals surface area (Å²) >= 11 is 1.79. The highest BCUT2D eigenvalue weighted by atomic mass is 32.1. The van der Waals surface area contributed by atoms with E-state index < -0.39 is 0 Å². The quantitative estimate of drug-likeness (QED) is 0.570. The third-order valence-corrected chi connectivity index (χ3v) is 5.67. The molecule has 0 saturated carbocycles. The van der Waals surface area contributed by atoms with Crippen molar-refractivity contribution in [3.05, 3.63) is 53.0 Å². The summed E-state index contributed by atoms with van der Waals surface area (Å²) in [6, 6.07) is 14.8. The van der Waals surface area contributed by atoms with Crippen LogP contribution in [0.15, 0.2) is 42.5 Å². The molecule has 0 bridgehead atoms. The minimum absolute atomic E-state index is 0.782. The normalized spacial score (nSPS) is 14.0. The minimum atomic E-state index is 0.782. The van der Waals surface area contributed by atoms with Crippen LogP contribution in [-0.4, -0.2) is 9.38 Å². The van der Waals surface area contributed by atoms with Crippen molar-refractivity contribution in [2.75, 3.05) is 5.73 Å². The summed E-state index contributed by atoms with van der Waals surface area (Å²) in [6.07, 6.45) is 3.53. The molecule has 0 aliphatic heterocycles. The van der Waals surface area contributed by atoms with Gasteiger partial charge in [0.2, 0.25) is 0 Å². The van der Waals surface area contributed by atoms with Crippen LogP contribution in [-0.2, 0) is 12.8 Å². The Morgan fingerprint density at radius 3 is 2.82 bits per heavy atom. The maximum Gasteiger partial charge on any atom is 0.196 e. The topological polar surface area (TPSA) is 43.3 Å². The first-order valence-electron chi connectivity index (χ1n) is 7.59. The minimum Gasteiger partial charge on any atom is -0.383 e. The zero-order valence-corrected chi connectivity index (χ0v) is 12.9. The van der Waals surface area contributed by atoms with E-state index in [1.807, 2.05) is 0 Å². The van der Waals surface area contributed by atoms with E-state index >= 15 is 0 Å². The van der Waals surface area contributed by atoms with E-state index in [1.165, 1.54) is 34.2 Å². The van der Waals surface area contributed by atoms with Crippen molar-refractivity contribution in [1.82, 2.24) is 9.38 Å². The second-order valence-corrected chi connectivity index (χ2v) is 6.91. The molecule has 0 unspecified atom stereocenters. The average Bonchev–Trinajstić information content (AvgIpc) is 3.19. The SMILES string of the molecule is Nc1c(-c2ccc3ccccc3c2)nc2sc3c(n12)CCC3. The van der Waals surface area contributed by atoms with Crippen LogP contribution in [0.1, 0.15) is 17.0 Å². The highest BCUT2D eigenvalue weighted by molar-refractivity contribution is 7.17. The van der Waals surface area contributed by atoms with E-state index in [0.29, 0.717) is 0 Å². The fraction of sp³-hybridized carbons (Fsp3) is 0.167. The van der Waals surface area contributed by atoms with Crippen molar-refractivity contribution in [2.45, 2.75) is 19.3 Å².